The van der Waals surface area contributed by atoms with Gasteiger partial charge in [-0.25, -0.2) is 0 Å². The molecule has 1 aliphatic rings. The molecule has 1 atom stereocenters. The van der Waals surface area contributed by atoms with Crippen molar-refractivity contribution in [3.8, 4) is 5.75 Å². The van der Waals surface area contributed by atoms with Crippen LogP contribution in [0.15, 0.2) is 24.3 Å². The summed E-state index contributed by atoms with van der Waals surface area (Å²) in [5.41, 5.74) is 1.31. The van der Waals surface area contributed by atoms with Crippen molar-refractivity contribution in [2.45, 2.75) is 44.7 Å². The summed E-state index contributed by atoms with van der Waals surface area (Å²) in [7, 11) is 1.74. The number of rotatable bonds is 6. The van der Waals surface area contributed by atoms with Gasteiger partial charge in [-0.15, -0.1) is 0 Å². The molecule has 0 heterocycles. The van der Waals surface area contributed by atoms with E-state index in [0.717, 1.165) is 18.2 Å². The van der Waals surface area contributed by atoms with Crippen LogP contribution in [0.2, 0.25) is 0 Å². The van der Waals surface area contributed by atoms with Gasteiger partial charge in [0.25, 0.3) is 0 Å². The Kier molecular flexibility index (Phi) is 3.83. The Morgan fingerprint density at radius 2 is 2.12 bits per heavy atom. The lowest BCUT2D eigenvalue weighted by Crippen LogP contribution is -2.28. The van der Waals surface area contributed by atoms with Crippen molar-refractivity contribution in [3.05, 3.63) is 29.8 Å². The second-order valence-electron chi connectivity index (χ2n) is 4.69. The van der Waals surface area contributed by atoms with Gasteiger partial charge in [-0.1, -0.05) is 18.2 Å². The fourth-order valence-electron chi connectivity index (χ4n) is 2.02. The molecule has 88 valence electrons. The lowest BCUT2D eigenvalue weighted by Gasteiger charge is -2.14. The minimum atomic E-state index is 0.609. The van der Waals surface area contributed by atoms with Crippen molar-refractivity contribution in [2.75, 3.05) is 7.11 Å². The maximum atomic E-state index is 5.35. The molecule has 1 fully saturated rings. The summed E-state index contributed by atoms with van der Waals surface area (Å²) in [6, 6.07) is 9.70. The van der Waals surface area contributed by atoms with Gasteiger partial charge in [-0.05, 0) is 44.2 Å². The summed E-state index contributed by atoms with van der Waals surface area (Å²) in [5, 5.41) is 3.62. The fourth-order valence-corrected chi connectivity index (χ4v) is 2.02. The summed E-state index contributed by atoms with van der Waals surface area (Å²) in [6.45, 7) is 2.27. The molecular formula is C14H21NO. The van der Waals surface area contributed by atoms with Gasteiger partial charge in [0.05, 0.1) is 7.11 Å². The highest BCUT2D eigenvalue weighted by molar-refractivity contribution is 5.33. The Morgan fingerprint density at radius 3 is 2.81 bits per heavy atom. The molecule has 0 saturated heterocycles. The molecule has 0 spiro atoms. The van der Waals surface area contributed by atoms with Gasteiger partial charge < -0.3 is 10.1 Å². The predicted molar refractivity (Wildman–Crippen MR) is 66.9 cm³/mol. The van der Waals surface area contributed by atoms with Crippen LogP contribution >= 0.6 is 0 Å². The molecule has 1 aromatic rings. The van der Waals surface area contributed by atoms with Crippen LogP contribution < -0.4 is 10.1 Å². The van der Waals surface area contributed by atoms with Gasteiger partial charge in [0.2, 0.25) is 0 Å². The van der Waals surface area contributed by atoms with E-state index in [1.165, 1.54) is 24.8 Å². The van der Waals surface area contributed by atoms with Gasteiger partial charge in [0.1, 0.15) is 5.75 Å². The SMILES string of the molecule is COc1ccccc1CCC(C)NC1CC1. The molecule has 2 nitrogen and oxygen atoms in total. The molecule has 0 aliphatic heterocycles. The van der Waals surface area contributed by atoms with Crippen LogP contribution in [0.5, 0.6) is 5.75 Å². The van der Waals surface area contributed by atoms with Crippen LogP contribution in [0, 0.1) is 0 Å². The van der Waals surface area contributed by atoms with Crippen molar-refractivity contribution < 1.29 is 4.74 Å². The zero-order valence-electron chi connectivity index (χ0n) is 10.2. The van der Waals surface area contributed by atoms with Crippen LogP contribution in [-0.4, -0.2) is 19.2 Å². The lowest BCUT2D eigenvalue weighted by molar-refractivity contribution is 0.407. The van der Waals surface area contributed by atoms with E-state index in [1.807, 2.05) is 12.1 Å². The topological polar surface area (TPSA) is 21.3 Å². The van der Waals surface area contributed by atoms with Crippen molar-refractivity contribution in [3.63, 3.8) is 0 Å². The van der Waals surface area contributed by atoms with Gasteiger partial charge >= 0.3 is 0 Å². The molecule has 2 rings (SSSR count). The highest BCUT2D eigenvalue weighted by Gasteiger charge is 2.22. The first-order valence-corrected chi connectivity index (χ1v) is 6.17. The van der Waals surface area contributed by atoms with E-state index in [2.05, 4.69) is 24.4 Å². The maximum Gasteiger partial charge on any atom is 0.122 e. The minimum Gasteiger partial charge on any atom is -0.496 e. The number of hydrogen-bond acceptors (Lipinski definition) is 2. The predicted octanol–water partition coefficient (Wildman–Crippen LogP) is 2.77. The molecule has 0 radical (unpaired) electrons. The van der Waals surface area contributed by atoms with Crippen molar-refractivity contribution in [2.24, 2.45) is 0 Å². The van der Waals surface area contributed by atoms with E-state index in [0.29, 0.717) is 6.04 Å². The van der Waals surface area contributed by atoms with Crippen LogP contribution in [0.4, 0.5) is 0 Å². The van der Waals surface area contributed by atoms with Crippen molar-refractivity contribution >= 4 is 0 Å². The molecule has 1 N–H and O–H groups in total. The molecule has 1 saturated carbocycles. The number of nitrogens with one attached hydrogen (secondary N) is 1. The van der Waals surface area contributed by atoms with E-state index in [-0.39, 0.29) is 0 Å². The van der Waals surface area contributed by atoms with Crippen LogP contribution in [0.3, 0.4) is 0 Å². The number of aryl methyl sites for hydroxylation is 1. The van der Waals surface area contributed by atoms with E-state index in [4.69, 9.17) is 4.74 Å². The number of methoxy groups -OCH3 is 1. The summed E-state index contributed by atoms with van der Waals surface area (Å²) in [4.78, 5) is 0. The molecule has 0 amide bonds. The maximum absolute atomic E-state index is 5.35. The largest absolute Gasteiger partial charge is 0.496 e. The van der Waals surface area contributed by atoms with Gasteiger partial charge in [0, 0.05) is 12.1 Å². The standard InChI is InChI=1S/C14H21NO/c1-11(15-13-9-10-13)7-8-12-5-3-4-6-14(12)16-2/h3-6,11,13,15H,7-10H2,1-2H3. The molecule has 1 aliphatic carbocycles. The van der Waals surface area contributed by atoms with Crippen LogP contribution in [0.25, 0.3) is 0 Å². The molecule has 1 unspecified atom stereocenters. The molecule has 0 bridgehead atoms. The normalized spacial score (nSPS) is 17.1. The fraction of sp³-hybridized carbons (Fsp3) is 0.571. The first-order valence-electron chi connectivity index (χ1n) is 6.17. The van der Waals surface area contributed by atoms with Crippen LogP contribution in [-0.2, 0) is 6.42 Å². The van der Waals surface area contributed by atoms with Gasteiger partial charge in [-0.3, -0.25) is 0 Å². The van der Waals surface area contributed by atoms with Crippen molar-refractivity contribution in [1.82, 2.24) is 5.32 Å². The highest BCUT2D eigenvalue weighted by atomic mass is 16.5. The quantitative estimate of drug-likeness (QED) is 0.794. The van der Waals surface area contributed by atoms with Crippen molar-refractivity contribution in [1.29, 1.82) is 0 Å². The van der Waals surface area contributed by atoms with Gasteiger partial charge in [0.15, 0.2) is 0 Å². The molecule has 0 aromatic heterocycles. The Bertz CT molecular complexity index is 333. The van der Waals surface area contributed by atoms with E-state index in [9.17, 15) is 0 Å². The number of hydrogen-bond donors (Lipinski definition) is 1. The number of benzene rings is 1. The first-order chi connectivity index (χ1) is 7.79. The lowest BCUT2D eigenvalue weighted by atomic mass is 10.1. The molecule has 1 aromatic carbocycles. The summed E-state index contributed by atoms with van der Waals surface area (Å²) >= 11 is 0. The Labute approximate surface area is 98.0 Å². The summed E-state index contributed by atoms with van der Waals surface area (Å²) < 4.78 is 5.35. The smallest absolute Gasteiger partial charge is 0.122 e. The zero-order chi connectivity index (χ0) is 11.4. The minimum absolute atomic E-state index is 0.609. The second kappa shape index (κ2) is 5.35. The van der Waals surface area contributed by atoms with E-state index < -0.39 is 0 Å². The number of ether oxygens (including phenoxy) is 1. The third-order valence-corrected chi connectivity index (χ3v) is 3.14. The van der Waals surface area contributed by atoms with Gasteiger partial charge in [-0.2, -0.15) is 0 Å². The Hall–Kier alpha value is -1.02. The average Bonchev–Trinajstić information content (AvgIpc) is 3.10. The summed E-state index contributed by atoms with van der Waals surface area (Å²) in [5.74, 6) is 1.01. The van der Waals surface area contributed by atoms with E-state index >= 15 is 0 Å². The molecule has 16 heavy (non-hydrogen) atoms. The zero-order valence-corrected chi connectivity index (χ0v) is 10.2. The third kappa shape index (κ3) is 3.24. The average molecular weight is 219 g/mol. The molecule has 2 heteroatoms. The monoisotopic (exact) mass is 219 g/mol. The van der Waals surface area contributed by atoms with Crippen LogP contribution in [0.1, 0.15) is 31.7 Å². The second-order valence-corrected chi connectivity index (χ2v) is 4.69. The van der Waals surface area contributed by atoms with E-state index in [1.54, 1.807) is 7.11 Å². The third-order valence-electron chi connectivity index (χ3n) is 3.14. The first kappa shape index (κ1) is 11.5. The Balaban J connectivity index is 1.82. The molecular weight excluding hydrogens is 198 g/mol. The highest BCUT2D eigenvalue weighted by Crippen LogP contribution is 2.22. The Morgan fingerprint density at radius 1 is 1.38 bits per heavy atom. The number of para-hydroxylation sites is 1. The summed E-state index contributed by atoms with van der Waals surface area (Å²) in [6.07, 6.45) is 4.99.